The van der Waals surface area contributed by atoms with Gasteiger partial charge < -0.3 is 34.7 Å². The first-order valence-corrected chi connectivity index (χ1v) is 11.0. The number of hydrogen-bond donors (Lipinski definition) is 4. The van der Waals surface area contributed by atoms with Gasteiger partial charge in [0, 0.05) is 36.3 Å². The van der Waals surface area contributed by atoms with E-state index in [-0.39, 0.29) is 6.61 Å². The van der Waals surface area contributed by atoms with Gasteiger partial charge in [-0.05, 0) is 30.3 Å². The Labute approximate surface area is 198 Å². The van der Waals surface area contributed by atoms with E-state index in [4.69, 9.17) is 24.1 Å². The van der Waals surface area contributed by atoms with Gasteiger partial charge >= 0.3 is 0 Å². The minimum Gasteiger partial charge on any atom is -0.493 e. The maximum atomic E-state index is 10.3. The standard InChI is InChI=1S/C24H26N2O4.C2H4O2/c1-28-21-10-4-5-11-22(21)29-14-13-25-15-17(27)16-30-23-12-6-9-20-24(23)18-7-2-3-8-19(18)26-20;1-2(3)4/h2-12,17,25-27H,13-16H2,1H3;1H3,(H,3,4). The molecule has 4 rings (SSSR count). The number of fused-ring (bicyclic) bond motifs is 3. The quantitative estimate of drug-likeness (QED) is 0.263. The molecule has 0 fully saturated rings. The molecule has 1 atom stereocenters. The van der Waals surface area contributed by atoms with Crippen molar-refractivity contribution in [3.8, 4) is 17.2 Å². The first-order chi connectivity index (χ1) is 16.5. The van der Waals surface area contributed by atoms with Crippen LogP contribution in [0.25, 0.3) is 21.8 Å². The van der Waals surface area contributed by atoms with Gasteiger partial charge in [0.1, 0.15) is 25.1 Å². The van der Waals surface area contributed by atoms with E-state index < -0.39 is 12.1 Å². The summed E-state index contributed by atoms with van der Waals surface area (Å²) in [4.78, 5) is 12.4. The topological polar surface area (TPSA) is 113 Å². The van der Waals surface area contributed by atoms with Crippen molar-refractivity contribution in [2.45, 2.75) is 13.0 Å². The van der Waals surface area contributed by atoms with Crippen molar-refractivity contribution in [1.29, 1.82) is 0 Å². The molecule has 34 heavy (non-hydrogen) atoms. The van der Waals surface area contributed by atoms with Gasteiger partial charge in [-0.15, -0.1) is 0 Å². The number of ether oxygens (including phenoxy) is 3. The van der Waals surface area contributed by atoms with Crippen LogP contribution < -0.4 is 19.5 Å². The molecular formula is C26H30N2O6. The number of aromatic amines is 1. The normalized spacial score (nSPS) is 11.5. The number of aromatic nitrogens is 1. The molecule has 1 aromatic heterocycles. The Balaban J connectivity index is 0.000000751. The zero-order valence-electron chi connectivity index (χ0n) is 19.3. The lowest BCUT2D eigenvalue weighted by atomic mass is 10.1. The third-order valence-electron chi connectivity index (χ3n) is 4.91. The molecular weight excluding hydrogens is 436 g/mol. The minimum atomic E-state index is -0.833. The van der Waals surface area contributed by atoms with Crippen molar-refractivity contribution in [1.82, 2.24) is 10.3 Å². The van der Waals surface area contributed by atoms with Crippen LogP contribution in [0.5, 0.6) is 17.2 Å². The predicted molar refractivity (Wildman–Crippen MR) is 132 cm³/mol. The summed E-state index contributed by atoms with van der Waals surface area (Å²) in [5.41, 5.74) is 2.09. The second-order valence-corrected chi connectivity index (χ2v) is 7.54. The molecule has 1 unspecified atom stereocenters. The Morgan fingerprint density at radius 3 is 2.35 bits per heavy atom. The van der Waals surface area contributed by atoms with Crippen LogP contribution in [0.15, 0.2) is 66.7 Å². The monoisotopic (exact) mass is 466 g/mol. The lowest BCUT2D eigenvalue weighted by molar-refractivity contribution is -0.134. The Morgan fingerprint density at radius 2 is 1.59 bits per heavy atom. The lowest BCUT2D eigenvalue weighted by Gasteiger charge is -2.15. The van der Waals surface area contributed by atoms with Gasteiger partial charge in [0.05, 0.1) is 12.6 Å². The average molecular weight is 467 g/mol. The van der Waals surface area contributed by atoms with Crippen LogP contribution in [0.2, 0.25) is 0 Å². The SMILES string of the molecule is CC(=O)O.COc1ccccc1OCCNCC(O)COc1cccc2[nH]c3ccccc3c12. The molecule has 4 N–H and O–H groups in total. The number of carboxylic acid groups (broad SMARTS) is 1. The first kappa shape index (κ1) is 24.9. The van der Waals surface area contributed by atoms with E-state index in [0.717, 1.165) is 34.5 Å². The van der Waals surface area contributed by atoms with Crippen LogP contribution in [0.3, 0.4) is 0 Å². The van der Waals surface area contributed by atoms with Crippen LogP contribution in [0.4, 0.5) is 0 Å². The summed E-state index contributed by atoms with van der Waals surface area (Å²) in [6.45, 7) is 2.79. The summed E-state index contributed by atoms with van der Waals surface area (Å²) in [7, 11) is 1.62. The number of benzene rings is 3. The fourth-order valence-electron chi connectivity index (χ4n) is 3.47. The Hall–Kier alpha value is -3.75. The first-order valence-electron chi connectivity index (χ1n) is 11.0. The Morgan fingerprint density at radius 1 is 0.941 bits per heavy atom. The lowest BCUT2D eigenvalue weighted by Crippen LogP contribution is -2.33. The highest BCUT2D eigenvalue weighted by molar-refractivity contribution is 6.10. The van der Waals surface area contributed by atoms with E-state index in [2.05, 4.69) is 16.4 Å². The summed E-state index contributed by atoms with van der Waals surface area (Å²) in [6, 6.07) is 21.6. The molecule has 0 aliphatic carbocycles. The van der Waals surface area contributed by atoms with Crippen LogP contribution in [-0.2, 0) is 4.79 Å². The average Bonchev–Trinajstić information content (AvgIpc) is 3.21. The van der Waals surface area contributed by atoms with Crippen molar-refractivity contribution in [2.75, 3.05) is 33.4 Å². The van der Waals surface area contributed by atoms with Gasteiger partial charge in [-0.2, -0.15) is 0 Å². The fraction of sp³-hybridized carbons (Fsp3) is 0.269. The van der Waals surface area contributed by atoms with E-state index >= 15 is 0 Å². The molecule has 8 heteroatoms. The van der Waals surface area contributed by atoms with E-state index in [1.54, 1.807) is 7.11 Å². The smallest absolute Gasteiger partial charge is 0.300 e. The number of hydrogen-bond acceptors (Lipinski definition) is 6. The third kappa shape index (κ3) is 6.87. The van der Waals surface area contributed by atoms with E-state index in [1.807, 2.05) is 60.7 Å². The molecule has 0 bridgehead atoms. The number of carboxylic acids is 1. The highest BCUT2D eigenvalue weighted by atomic mass is 16.5. The third-order valence-corrected chi connectivity index (χ3v) is 4.91. The molecule has 8 nitrogen and oxygen atoms in total. The highest BCUT2D eigenvalue weighted by Crippen LogP contribution is 2.33. The summed E-state index contributed by atoms with van der Waals surface area (Å²) in [6.07, 6.45) is -0.628. The molecule has 180 valence electrons. The van der Waals surface area contributed by atoms with Crippen LogP contribution in [-0.4, -0.2) is 60.7 Å². The predicted octanol–water partition coefficient (Wildman–Crippen LogP) is 3.83. The van der Waals surface area contributed by atoms with Crippen molar-refractivity contribution in [2.24, 2.45) is 0 Å². The minimum absolute atomic E-state index is 0.207. The molecule has 0 radical (unpaired) electrons. The number of aliphatic hydroxyl groups is 1. The molecule has 0 saturated carbocycles. The largest absolute Gasteiger partial charge is 0.493 e. The van der Waals surface area contributed by atoms with E-state index in [0.29, 0.717) is 31.2 Å². The molecule has 3 aromatic carbocycles. The van der Waals surface area contributed by atoms with Crippen molar-refractivity contribution in [3.63, 3.8) is 0 Å². The summed E-state index contributed by atoms with van der Waals surface area (Å²) in [5.74, 6) is 1.35. The van der Waals surface area contributed by atoms with Gasteiger partial charge in [0.15, 0.2) is 11.5 Å². The number of aliphatic carboxylic acids is 1. The molecule has 4 aromatic rings. The molecule has 0 saturated heterocycles. The fourth-order valence-corrected chi connectivity index (χ4v) is 3.47. The van der Waals surface area contributed by atoms with Crippen LogP contribution in [0.1, 0.15) is 6.92 Å². The summed E-state index contributed by atoms with van der Waals surface area (Å²) >= 11 is 0. The number of H-pyrrole nitrogens is 1. The van der Waals surface area contributed by atoms with Crippen LogP contribution >= 0.6 is 0 Å². The number of carbonyl (C=O) groups is 1. The second-order valence-electron chi connectivity index (χ2n) is 7.54. The van der Waals surface area contributed by atoms with Crippen molar-refractivity contribution >= 4 is 27.8 Å². The van der Waals surface area contributed by atoms with Crippen LogP contribution in [0, 0.1) is 0 Å². The maximum Gasteiger partial charge on any atom is 0.300 e. The molecule has 0 spiro atoms. The van der Waals surface area contributed by atoms with Crippen molar-refractivity contribution in [3.05, 3.63) is 66.7 Å². The zero-order chi connectivity index (χ0) is 24.3. The molecule has 0 amide bonds. The maximum absolute atomic E-state index is 10.3. The second kappa shape index (κ2) is 12.5. The highest BCUT2D eigenvalue weighted by Gasteiger charge is 2.11. The van der Waals surface area contributed by atoms with E-state index in [1.165, 1.54) is 0 Å². The number of para-hydroxylation sites is 3. The van der Waals surface area contributed by atoms with Gasteiger partial charge in [0.25, 0.3) is 5.97 Å². The Kier molecular flexibility index (Phi) is 9.13. The Bertz CT molecular complexity index is 1200. The van der Waals surface area contributed by atoms with Gasteiger partial charge in [-0.1, -0.05) is 36.4 Å². The number of aliphatic hydroxyl groups excluding tert-OH is 1. The summed E-state index contributed by atoms with van der Waals surface area (Å²) in [5, 5.41) is 23.0. The molecule has 0 aliphatic rings. The zero-order valence-corrected chi connectivity index (χ0v) is 19.3. The van der Waals surface area contributed by atoms with Crippen molar-refractivity contribution < 1.29 is 29.2 Å². The molecule has 1 heterocycles. The number of nitrogens with one attached hydrogen (secondary N) is 2. The van der Waals surface area contributed by atoms with Gasteiger partial charge in [-0.25, -0.2) is 0 Å². The van der Waals surface area contributed by atoms with Gasteiger partial charge in [-0.3, -0.25) is 4.79 Å². The molecule has 0 aliphatic heterocycles. The summed E-state index contributed by atoms with van der Waals surface area (Å²) < 4.78 is 16.9. The van der Waals surface area contributed by atoms with Gasteiger partial charge in [0.2, 0.25) is 0 Å². The number of rotatable bonds is 10. The van der Waals surface area contributed by atoms with E-state index in [9.17, 15) is 5.11 Å². The number of methoxy groups -OCH3 is 1.